The summed E-state index contributed by atoms with van der Waals surface area (Å²) in [5.74, 6) is 1.76. The summed E-state index contributed by atoms with van der Waals surface area (Å²) in [7, 11) is 0. The third-order valence-electron chi connectivity index (χ3n) is 5.29. The average molecular weight is 378 g/mol. The van der Waals surface area contributed by atoms with Crippen molar-refractivity contribution in [1.82, 2.24) is 19.4 Å². The third-order valence-corrected chi connectivity index (χ3v) is 5.29. The van der Waals surface area contributed by atoms with Crippen LogP contribution in [0, 0.1) is 12.7 Å². The van der Waals surface area contributed by atoms with Gasteiger partial charge in [-0.25, -0.2) is 14.4 Å². The molecule has 0 bridgehead atoms. The molecule has 1 unspecified atom stereocenters. The van der Waals surface area contributed by atoms with Crippen LogP contribution in [0.5, 0.6) is 0 Å². The molecule has 0 N–H and O–H groups in total. The van der Waals surface area contributed by atoms with E-state index in [2.05, 4.69) is 4.98 Å². The second-order valence-corrected chi connectivity index (χ2v) is 7.25. The van der Waals surface area contributed by atoms with Gasteiger partial charge in [0.25, 0.3) is 0 Å². The molecular weight excluding hydrogens is 355 g/mol. The molecule has 2 aromatic heterocycles. The molecule has 3 heterocycles. The smallest absolute Gasteiger partial charge is 0.227 e. The van der Waals surface area contributed by atoms with Crippen molar-refractivity contribution < 1.29 is 9.18 Å². The highest BCUT2D eigenvalue weighted by Crippen LogP contribution is 2.27. The minimum atomic E-state index is -0.284. The highest BCUT2D eigenvalue weighted by atomic mass is 19.1. The second kappa shape index (κ2) is 7.92. The summed E-state index contributed by atoms with van der Waals surface area (Å²) in [6, 6.07) is 12.2. The van der Waals surface area contributed by atoms with Gasteiger partial charge in [0.15, 0.2) is 0 Å². The molecule has 28 heavy (non-hydrogen) atoms. The quantitative estimate of drug-likeness (QED) is 0.696. The van der Waals surface area contributed by atoms with E-state index in [1.165, 1.54) is 12.1 Å². The Bertz CT molecular complexity index is 967. The molecule has 5 nitrogen and oxygen atoms in total. The summed E-state index contributed by atoms with van der Waals surface area (Å²) in [4.78, 5) is 23.7. The van der Waals surface area contributed by atoms with Crippen LogP contribution in [0.3, 0.4) is 0 Å². The topological polar surface area (TPSA) is 51.0 Å². The van der Waals surface area contributed by atoms with Gasteiger partial charge in [0.1, 0.15) is 17.5 Å². The van der Waals surface area contributed by atoms with E-state index in [1.807, 2.05) is 40.8 Å². The summed E-state index contributed by atoms with van der Waals surface area (Å²) < 4.78 is 15.0. The molecule has 4 rings (SSSR count). The monoisotopic (exact) mass is 378 g/mol. The molecule has 1 aliphatic heterocycles. The maximum Gasteiger partial charge on any atom is 0.227 e. The van der Waals surface area contributed by atoms with Gasteiger partial charge in [0, 0.05) is 37.1 Å². The fourth-order valence-corrected chi connectivity index (χ4v) is 3.75. The number of rotatable bonds is 4. The maximum absolute atomic E-state index is 13.1. The highest BCUT2D eigenvalue weighted by Gasteiger charge is 2.26. The summed E-state index contributed by atoms with van der Waals surface area (Å²) in [5.41, 5.74) is 1.84. The van der Waals surface area contributed by atoms with Gasteiger partial charge in [-0.2, -0.15) is 0 Å². The molecule has 6 heteroatoms. The average Bonchev–Trinajstić information content (AvgIpc) is 3.16. The number of aryl methyl sites for hydroxylation is 1. The normalized spacial score (nSPS) is 16.9. The Balaban J connectivity index is 1.47. The molecule has 1 fully saturated rings. The van der Waals surface area contributed by atoms with E-state index in [-0.39, 0.29) is 17.6 Å². The zero-order chi connectivity index (χ0) is 19.5. The first-order valence-electron chi connectivity index (χ1n) is 9.59. The molecule has 0 aliphatic carbocycles. The van der Waals surface area contributed by atoms with Crippen LogP contribution < -0.4 is 0 Å². The van der Waals surface area contributed by atoms with Gasteiger partial charge in [-0.15, -0.1) is 0 Å². The largest absolute Gasteiger partial charge is 0.342 e. The summed E-state index contributed by atoms with van der Waals surface area (Å²) in [6.45, 7) is 3.38. The zero-order valence-electron chi connectivity index (χ0n) is 15.9. The molecule has 1 saturated heterocycles. The van der Waals surface area contributed by atoms with Crippen molar-refractivity contribution in [2.45, 2.75) is 32.1 Å². The van der Waals surface area contributed by atoms with Crippen molar-refractivity contribution in [1.29, 1.82) is 0 Å². The number of pyridine rings is 1. The zero-order valence-corrected chi connectivity index (χ0v) is 15.9. The number of benzene rings is 1. The van der Waals surface area contributed by atoms with Crippen LogP contribution in [-0.4, -0.2) is 38.4 Å². The number of carbonyl (C=O) groups is 1. The van der Waals surface area contributed by atoms with Gasteiger partial charge in [-0.1, -0.05) is 18.2 Å². The molecule has 144 valence electrons. The molecule has 1 aromatic carbocycles. The van der Waals surface area contributed by atoms with Crippen molar-refractivity contribution in [3.05, 3.63) is 77.8 Å². The molecular formula is C22H23FN4O. The van der Waals surface area contributed by atoms with E-state index in [1.54, 1.807) is 18.3 Å². The number of hydrogen-bond acceptors (Lipinski definition) is 3. The standard InChI is InChI=1S/C22H23FN4O/c1-16-24-11-13-27(16)21-6-2-5-20(25-21)18-4-3-12-26(15-18)22(28)14-17-7-9-19(23)10-8-17/h2,5-11,13,18H,3-4,12,14-15H2,1H3. The molecule has 0 spiro atoms. The van der Waals surface area contributed by atoms with Crippen molar-refractivity contribution in [2.75, 3.05) is 13.1 Å². The van der Waals surface area contributed by atoms with Crippen LogP contribution in [0.15, 0.2) is 54.9 Å². The van der Waals surface area contributed by atoms with Gasteiger partial charge in [0.2, 0.25) is 5.91 Å². The van der Waals surface area contributed by atoms with Crippen molar-refractivity contribution in [3.63, 3.8) is 0 Å². The Kier molecular flexibility index (Phi) is 5.19. The molecule has 1 amide bonds. The van der Waals surface area contributed by atoms with Crippen LogP contribution in [0.4, 0.5) is 4.39 Å². The van der Waals surface area contributed by atoms with E-state index >= 15 is 0 Å². The van der Waals surface area contributed by atoms with E-state index in [9.17, 15) is 9.18 Å². The Morgan fingerprint density at radius 3 is 2.79 bits per heavy atom. The minimum Gasteiger partial charge on any atom is -0.342 e. The predicted octanol–water partition coefficient (Wildman–Crippen LogP) is 3.66. The summed E-state index contributed by atoms with van der Waals surface area (Å²) in [6.07, 6.45) is 5.94. The first-order chi connectivity index (χ1) is 13.6. The van der Waals surface area contributed by atoms with Gasteiger partial charge in [0.05, 0.1) is 6.42 Å². The summed E-state index contributed by atoms with van der Waals surface area (Å²) in [5, 5.41) is 0. The number of hydrogen-bond donors (Lipinski definition) is 0. The van der Waals surface area contributed by atoms with E-state index in [0.717, 1.165) is 42.3 Å². The van der Waals surface area contributed by atoms with Gasteiger partial charge in [-0.05, 0) is 49.6 Å². The van der Waals surface area contributed by atoms with E-state index < -0.39 is 0 Å². The lowest BCUT2D eigenvalue weighted by molar-refractivity contribution is -0.131. The third kappa shape index (κ3) is 3.96. The highest BCUT2D eigenvalue weighted by molar-refractivity contribution is 5.79. The number of carbonyl (C=O) groups excluding carboxylic acids is 1. The number of halogens is 1. The predicted molar refractivity (Wildman–Crippen MR) is 105 cm³/mol. The first-order valence-corrected chi connectivity index (χ1v) is 9.59. The number of likely N-dealkylation sites (tertiary alicyclic amines) is 1. The lowest BCUT2D eigenvalue weighted by Crippen LogP contribution is -2.40. The Hall–Kier alpha value is -3.02. The minimum absolute atomic E-state index is 0.0814. The SMILES string of the molecule is Cc1nccn1-c1cccc(C2CCCN(C(=O)Cc3ccc(F)cc3)C2)n1. The molecule has 0 saturated carbocycles. The molecule has 3 aromatic rings. The van der Waals surface area contributed by atoms with E-state index in [4.69, 9.17) is 4.98 Å². The first kappa shape index (κ1) is 18.3. The molecule has 1 aliphatic rings. The molecule has 1 atom stereocenters. The number of nitrogens with zero attached hydrogens (tertiary/aromatic N) is 4. The maximum atomic E-state index is 13.1. The van der Waals surface area contributed by atoms with Crippen LogP contribution in [0.1, 0.15) is 35.8 Å². The second-order valence-electron chi connectivity index (χ2n) is 7.25. The lowest BCUT2D eigenvalue weighted by atomic mass is 9.93. The fraction of sp³-hybridized carbons (Fsp3) is 0.318. The number of piperidine rings is 1. The Labute approximate surface area is 163 Å². The van der Waals surface area contributed by atoms with Gasteiger partial charge < -0.3 is 4.90 Å². The van der Waals surface area contributed by atoms with Crippen LogP contribution in [0.2, 0.25) is 0 Å². The Morgan fingerprint density at radius 2 is 2.04 bits per heavy atom. The Morgan fingerprint density at radius 1 is 1.21 bits per heavy atom. The van der Waals surface area contributed by atoms with Crippen LogP contribution >= 0.6 is 0 Å². The van der Waals surface area contributed by atoms with Crippen LogP contribution in [-0.2, 0) is 11.2 Å². The summed E-state index contributed by atoms with van der Waals surface area (Å²) >= 11 is 0. The van der Waals surface area contributed by atoms with Crippen molar-refractivity contribution in [2.24, 2.45) is 0 Å². The van der Waals surface area contributed by atoms with E-state index in [0.29, 0.717) is 13.0 Å². The van der Waals surface area contributed by atoms with Gasteiger partial charge in [-0.3, -0.25) is 9.36 Å². The number of imidazole rings is 1. The number of amides is 1. The van der Waals surface area contributed by atoms with Crippen LogP contribution in [0.25, 0.3) is 5.82 Å². The molecule has 0 radical (unpaired) electrons. The van der Waals surface area contributed by atoms with Gasteiger partial charge >= 0.3 is 0 Å². The van der Waals surface area contributed by atoms with Crippen molar-refractivity contribution in [3.8, 4) is 5.82 Å². The fourth-order valence-electron chi connectivity index (χ4n) is 3.75. The lowest BCUT2D eigenvalue weighted by Gasteiger charge is -2.32. The van der Waals surface area contributed by atoms with Crippen molar-refractivity contribution >= 4 is 5.91 Å². The number of aromatic nitrogens is 3.